The van der Waals surface area contributed by atoms with Gasteiger partial charge in [-0.2, -0.15) is 4.31 Å². The molecule has 118 valence electrons. The molecule has 1 atom stereocenters. The number of aryl methyl sites for hydroxylation is 1. The summed E-state index contributed by atoms with van der Waals surface area (Å²) in [7, 11) is -3.46. The summed E-state index contributed by atoms with van der Waals surface area (Å²) in [5.41, 5.74) is 5.52. The molecule has 1 unspecified atom stereocenters. The molecule has 0 saturated carbocycles. The van der Waals surface area contributed by atoms with E-state index in [2.05, 4.69) is 4.90 Å². The molecule has 0 amide bonds. The van der Waals surface area contributed by atoms with Gasteiger partial charge in [-0.25, -0.2) is 8.42 Å². The van der Waals surface area contributed by atoms with Gasteiger partial charge >= 0.3 is 0 Å². The van der Waals surface area contributed by atoms with Crippen molar-refractivity contribution in [3.63, 3.8) is 0 Å². The Hall–Kier alpha value is -0.890. The summed E-state index contributed by atoms with van der Waals surface area (Å²) in [5.74, 6) is 0.946. The van der Waals surface area contributed by atoms with Crippen LogP contribution in [0.2, 0.25) is 0 Å². The van der Waals surface area contributed by atoms with Gasteiger partial charge in [0.15, 0.2) is 0 Å². The van der Waals surface area contributed by atoms with Gasteiger partial charge in [-0.15, -0.1) is 0 Å². The SMILES string of the molecule is Cc1oc(CN)cc1S(=O)(=O)N1CCC(N2CCCC2)C1. The van der Waals surface area contributed by atoms with Crippen molar-refractivity contribution < 1.29 is 12.8 Å². The zero-order chi connectivity index (χ0) is 15.0. The number of hydrogen-bond acceptors (Lipinski definition) is 5. The van der Waals surface area contributed by atoms with Crippen molar-refractivity contribution in [1.29, 1.82) is 0 Å². The molecule has 2 N–H and O–H groups in total. The minimum absolute atomic E-state index is 0.215. The van der Waals surface area contributed by atoms with Crippen LogP contribution >= 0.6 is 0 Å². The molecule has 0 bridgehead atoms. The lowest BCUT2D eigenvalue weighted by Gasteiger charge is -2.23. The van der Waals surface area contributed by atoms with Crippen LogP contribution in [0.1, 0.15) is 30.8 Å². The average molecular weight is 313 g/mol. The maximum absolute atomic E-state index is 12.8. The van der Waals surface area contributed by atoms with E-state index in [0.29, 0.717) is 30.7 Å². The zero-order valence-corrected chi connectivity index (χ0v) is 13.2. The van der Waals surface area contributed by atoms with Crippen LogP contribution < -0.4 is 5.73 Å². The largest absolute Gasteiger partial charge is 0.464 e. The first-order valence-corrected chi connectivity index (χ1v) is 9.00. The third kappa shape index (κ3) is 2.75. The normalized spacial score (nSPS) is 25.0. The van der Waals surface area contributed by atoms with E-state index in [0.717, 1.165) is 19.5 Å². The molecule has 2 fully saturated rings. The van der Waals surface area contributed by atoms with Crippen LogP contribution in [0.3, 0.4) is 0 Å². The van der Waals surface area contributed by atoms with Gasteiger partial charge in [0.05, 0.1) is 6.54 Å². The van der Waals surface area contributed by atoms with Crippen molar-refractivity contribution >= 4 is 10.0 Å². The first-order valence-electron chi connectivity index (χ1n) is 7.56. The highest BCUT2D eigenvalue weighted by Crippen LogP contribution is 2.28. The number of nitrogens with two attached hydrogens (primary N) is 1. The van der Waals surface area contributed by atoms with Crippen molar-refractivity contribution in [1.82, 2.24) is 9.21 Å². The van der Waals surface area contributed by atoms with Gasteiger partial charge in [0.1, 0.15) is 16.4 Å². The van der Waals surface area contributed by atoms with Gasteiger partial charge in [-0.1, -0.05) is 0 Å². The molecular weight excluding hydrogens is 290 g/mol. The Morgan fingerprint density at radius 1 is 1.33 bits per heavy atom. The number of hydrogen-bond donors (Lipinski definition) is 1. The third-order valence-electron chi connectivity index (χ3n) is 4.53. The summed E-state index contributed by atoms with van der Waals surface area (Å²) in [6.45, 7) is 5.27. The zero-order valence-electron chi connectivity index (χ0n) is 12.4. The monoisotopic (exact) mass is 313 g/mol. The standard InChI is InChI=1S/C14H23N3O3S/c1-11-14(8-13(9-15)20-11)21(18,19)17-7-4-12(10-17)16-5-2-3-6-16/h8,12H,2-7,9-10,15H2,1H3. The van der Waals surface area contributed by atoms with Gasteiger partial charge in [0, 0.05) is 25.2 Å². The molecule has 1 aromatic heterocycles. The summed E-state index contributed by atoms with van der Waals surface area (Å²) < 4.78 is 32.5. The lowest BCUT2D eigenvalue weighted by molar-refractivity contribution is 0.251. The Morgan fingerprint density at radius 3 is 2.67 bits per heavy atom. The fourth-order valence-electron chi connectivity index (χ4n) is 3.35. The second-order valence-electron chi connectivity index (χ2n) is 5.89. The fraction of sp³-hybridized carbons (Fsp3) is 0.714. The van der Waals surface area contributed by atoms with Gasteiger partial charge < -0.3 is 10.2 Å². The molecule has 1 aromatic rings. The van der Waals surface area contributed by atoms with Crippen molar-refractivity contribution in [2.24, 2.45) is 5.73 Å². The van der Waals surface area contributed by atoms with Crippen LogP contribution in [-0.4, -0.2) is 49.8 Å². The van der Waals surface area contributed by atoms with E-state index in [9.17, 15) is 8.42 Å². The van der Waals surface area contributed by atoms with E-state index in [-0.39, 0.29) is 11.4 Å². The first-order chi connectivity index (χ1) is 10.0. The summed E-state index contributed by atoms with van der Waals surface area (Å²) in [5, 5.41) is 0. The maximum Gasteiger partial charge on any atom is 0.246 e. The van der Waals surface area contributed by atoms with E-state index in [1.54, 1.807) is 17.3 Å². The van der Waals surface area contributed by atoms with Crippen LogP contribution in [0.25, 0.3) is 0 Å². The number of likely N-dealkylation sites (tertiary alicyclic amines) is 1. The summed E-state index contributed by atoms with van der Waals surface area (Å²) in [6, 6.07) is 1.93. The smallest absolute Gasteiger partial charge is 0.246 e. The molecule has 2 aliphatic heterocycles. The Bertz CT molecular complexity index is 605. The number of sulfonamides is 1. The molecule has 7 heteroatoms. The Balaban J connectivity index is 1.77. The summed E-state index contributed by atoms with van der Waals surface area (Å²) >= 11 is 0. The fourth-order valence-corrected chi connectivity index (χ4v) is 5.03. The van der Waals surface area contributed by atoms with E-state index in [4.69, 9.17) is 10.2 Å². The van der Waals surface area contributed by atoms with Gasteiger partial charge in [-0.3, -0.25) is 4.90 Å². The number of rotatable bonds is 4. The van der Waals surface area contributed by atoms with Crippen molar-refractivity contribution in [2.45, 2.75) is 43.7 Å². The van der Waals surface area contributed by atoms with Gasteiger partial charge in [0.2, 0.25) is 10.0 Å². The minimum atomic E-state index is -3.46. The lowest BCUT2D eigenvalue weighted by Crippen LogP contribution is -2.37. The van der Waals surface area contributed by atoms with Crippen LogP contribution in [0.4, 0.5) is 0 Å². The molecule has 21 heavy (non-hydrogen) atoms. The molecule has 0 aromatic carbocycles. The predicted molar refractivity (Wildman–Crippen MR) is 79.3 cm³/mol. The Morgan fingerprint density at radius 2 is 2.05 bits per heavy atom. The predicted octanol–water partition coefficient (Wildman–Crippen LogP) is 0.906. The van der Waals surface area contributed by atoms with Gasteiger partial charge in [-0.05, 0) is 39.3 Å². The summed E-state index contributed by atoms with van der Waals surface area (Å²) in [6.07, 6.45) is 3.37. The first kappa shape index (κ1) is 15.0. The molecule has 3 heterocycles. The van der Waals surface area contributed by atoms with Crippen molar-refractivity contribution in [3.8, 4) is 0 Å². The van der Waals surface area contributed by atoms with Crippen LogP contribution in [0, 0.1) is 6.92 Å². The maximum atomic E-state index is 12.8. The molecule has 2 saturated heterocycles. The highest BCUT2D eigenvalue weighted by atomic mass is 32.2. The quantitative estimate of drug-likeness (QED) is 0.893. The number of furan rings is 1. The minimum Gasteiger partial charge on any atom is -0.464 e. The second-order valence-corrected chi connectivity index (χ2v) is 7.79. The average Bonchev–Trinajstić information content (AvgIpc) is 3.18. The topological polar surface area (TPSA) is 79.8 Å². The highest BCUT2D eigenvalue weighted by molar-refractivity contribution is 7.89. The van der Waals surface area contributed by atoms with Crippen LogP contribution in [-0.2, 0) is 16.6 Å². The molecule has 3 rings (SSSR count). The number of nitrogens with zero attached hydrogens (tertiary/aromatic N) is 2. The molecule has 6 nitrogen and oxygen atoms in total. The van der Waals surface area contributed by atoms with E-state index in [1.165, 1.54) is 12.8 Å². The van der Waals surface area contributed by atoms with Gasteiger partial charge in [0.25, 0.3) is 0 Å². The Labute approximate surface area is 125 Å². The third-order valence-corrected chi connectivity index (χ3v) is 6.50. The Kier molecular flexibility index (Phi) is 4.09. The molecular formula is C14H23N3O3S. The highest BCUT2D eigenvalue weighted by Gasteiger charge is 2.37. The van der Waals surface area contributed by atoms with E-state index >= 15 is 0 Å². The van der Waals surface area contributed by atoms with E-state index in [1.807, 2.05) is 0 Å². The molecule has 2 aliphatic rings. The second kappa shape index (κ2) is 5.72. The van der Waals surface area contributed by atoms with Crippen LogP contribution in [0.5, 0.6) is 0 Å². The molecule has 0 radical (unpaired) electrons. The van der Waals surface area contributed by atoms with Crippen molar-refractivity contribution in [2.75, 3.05) is 26.2 Å². The van der Waals surface area contributed by atoms with Crippen molar-refractivity contribution in [3.05, 3.63) is 17.6 Å². The summed E-state index contributed by atoms with van der Waals surface area (Å²) in [4.78, 5) is 2.69. The molecule has 0 spiro atoms. The van der Waals surface area contributed by atoms with E-state index < -0.39 is 10.0 Å². The van der Waals surface area contributed by atoms with Crippen LogP contribution in [0.15, 0.2) is 15.4 Å². The lowest BCUT2D eigenvalue weighted by atomic mass is 10.2. The molecule has 0 aliphatic carbocycles.